The van der Waals surface area contributed by atoms with E-state index in [9.17, 15) is 8.42 Å². The molecule has 1 aliphatic heterocycles. The highest BCUT2D eigenvalue weighted by Crippen LogP contribution is 2.23. The summed E-state index contributed by atoms with van der Waals surface area (Å²) in [6.45, 7) is 2.87. The van der Waals surface area contributed by atoms with Gasteiger partial charge >= 0.3 is 0 Å². The zero-order valence-electron chi connectivity index (χ0n) is 10.3. The van der Waals surface area contributed by atoms with Crippen LogP contribution in [0.15, 0.2) is 18.2 Å². The number of hydrogen-bond donors (Lipinski definition) is 2. The Balaban J connectivity index is 2.32. The van der Waals surface area contributed by atoms with Gasteiger partial charge in [0.25, 0.3) is 0 Å². The first-order chi connectivity index (χ1) is 8.39. The highest BCUT2D eigenvalue weighted by molar-refractivity contribution is 7.91. The molecule has 98 valence electrons. The van der Waals surface area contributed by atoms with Crippen molar-refractivity contribution in [3.05, 3.63) is 29.3 Å². The summed E-state index contributed by atoms with van der Waals surface area (Å²) in [4.78, 5) is 1.98. The normalized spacial score (nSPS) is 18.6. The van der Waals surface area contributed by atoms with Crippen molar-refractivity contribution in [3.63, 3.8) is 0 Å². The van der Waals surface area contributed by atoms with Crippen LogP contribution in [0.2, 0.25) is 0 Å². The maximum absolute atomic E-state index is 11.4. The molecule has 1 fully saturated rings. The van der Waals surface area contributed by atoms with Gasteiger partial charge in [-0.2, -0.15) is 0 Å². The molecule has 2 rings (SSSR count). The summed E-state index contributed by atoms with van der Waals surface area (Å²) in [6.07, 6.45) is 0. The Bertz CT molecular complexity index is 567. The van der Waals surface area contributed by atoms with Crippen molar-refractivity contribution >= 4 is 21.4 Å². The number of rotatable bonds is 2. The van der Waals surface area contributed by atoms with Crippen molar-refractivity contribution < 1.29 is 8.42 Å². The fraction of sp³-hybridized carbons (Fsp3) is 0.417. The van der Waals surface area contributed by atoms with E-state index >= 15 is 0 Å². The van der Waals surface area contributed by atoms with Gasteiger partial charge in [0.05, 0.1) is 11.5 Å². The van der Waals surface area contributed by atoms with Gasteiger partial charge in [0, 0.05) is 24.3 Å². The minimum absolute atomic E-state index is 0.0159. The SMILES string of the molecule is Cc1ccc(N2CCS(=O)(=O)CC2)c(C(=N)N)c1. The average Bonchev–Trinajstić information content (AvgIpc) is 2.29. The van der Waals surface area contributed by atoms with Crippen molar-refractivity contribution in [1.29, 1.82) is 5.41 Å². The van der Waals surface area contributed by atoms with Crippen LogP contribution in [0, 0.1) is 12.3 Å². The molecule has 0 amide bonds. The summed E-state index contributed by atoms with van der Waals surface area (Å²) in [5.74, 6) is 0.346. The second kappa shape index (κ2) is 4.61. The zero-order valence-corrected chi connectivity index (χ0v) is 11.1. The summed E-state index contributed by atoms with van der Waals surface area (Å²) in [7, 11) is -2.89. The van der Waals surface area contributed by atoms with Crippen molar-refractivity contribution in [2.24, 2.45) is 5.73 Å². The number of nitrogen functional groups attached to an aromatic ring is 1. The molecule has 0 saturated carbocycles. The lowest BCUT2D eigenvalue weighted by Crippen LogP contribution is -2.41. The van der Waals surface area contributed by atoms with Gasteiger partial charge in [0.2, 0.25) is 0 Å². The smallest absolute Gasteiger partial charge is 0.153 e. The zero-order chi connectivity index (χ0) is 13.3. The van der Waals surface area contributed by atoms with Crippen LogP contribution in [-0.4, -0.2) is 38.8 Å². The van der Waals surface area contributed by atoms with E-state index in [4.69, 9.17) is 11.1 Å². The molecule has 0 unspecified atom stereocenters. The number of aryl methyl sites for hydroxylation is 1. The van der Waals surface area contributed by atoms with E-state index in [-0.39, 0.29) is 17.3 Å². The first-order valence-corrected chi connectivity index (χ1v) is 7.61. The Labute approximate surface area is 107 Å². The monoisotopic (exact) mass is 267 g/mol. The maximum atomic E-state index is 11.4. The first kappa shape index (κ1) is 12.9. The van der Waals surface area contributed by atoms with Crippen LogP contribution in [0.25, 0.3) is 0 Å². The molecule has 0 atom stereocenters. The number of nitrogens with two attached hydrogens (primary N) is 1. The number of amidine groups is 1. The highest BCUT2D eigenvalue weighted by Gasteiger charge is 2.23. The van der Waals surface area contributed by atoms with Crippen LogP contribution in [0.4, 0.5) is 5.69 Å². The molecule has 1 aromatic carbocycles. The molecule has 1 aliphatic rings. The number of sulfone groups is 1. The van der Waals surface area contributed by atoms with E-state index in [1.54, 1.807) is 0 Å². The second-order valence-electron chi connectivity index (χ2n) is 4.57. The van der Waals surface area contributed by atoms with E-state index in [1.165, 1.54) is 0 Å². The molecule has 1 aromatic rings. The topological polar surface area (TPSA) is 87.2 Å². The number of benzene rings is 1. The van der Waals surface area contributed by atoms with Gasteiger partial charge in [0.1, 0.15) is 5.84 Å². The van der Waals surface area contributed by atoms with Crippen molar-refractivity contribution in [2.75, 3.05) is 29.5 Å². The Morgan fingerprint density at radius 2 is 1.94 bits per heavy atom. The van der Waals surface area contributed by atoms with Gasteiger partial charge in [-0.1, -0.05) is 11.6 Å². The van der Waals surface area contributed by atoms with Crippen molar-refractivity contribution in [3.8, 4) is 0 Å². The van der Waals surface area contributed by atoms with E-state index in [1.807, 2.05) is 30.0 Å². The van der Waals surface area contributed by atoms with Crippen molar-refractivity contribution in [2.45, 2.75) is 6.92 Å². The molecule has 18 heavy (non-hydrogen) atoms. The van der Waals surface area contributed by atoms with Gasteiger partial charge in [-0.15, -0.1) is 0 Å². The molecule has 6 heteroatoms. The van der Waals surface area contributed by atoms with Crippen LogP contribution >= 0.6 is 0 Å². The summed E-state index contributed by atoms with van der Waals surface area (Å²) in [6, 6.07) is 5.72. The predicted molar refractivity (Wildman–Crippen MR) is 73.1 cm³/mol. The van der Waals surface area contributed by atoms with Gasteiger partial charge in [0.15, 0.2) is 9.84 Å². The van der Waals surface area contributed by atoms with Crippen LogP contribution in [0.3, 0.4) is 0 Å². The first-order valence-electron chi connectivity index (χ1n) is 5.79. The molecular weight excluding hydrogens is 250 g/mol. The van der Waals surface area contributed by atoms with E-state index in [0.717, 1.165) is 11.3 Å². The molecule has 1 saturated heterocycles. The third-order valence-corrected chi connectivity index (χ3v) is 4.74. The van der Waals surface area contributed by atoms with Crippen LogP contribution in [0.1, 0.15) is 11.1 Å². The molecule has 0 aromatic heterocycles. The van der Waals surface area contributed by atoms with E-state index in [2.05, 4.69) is 0 Å². The fourth-order valence-corrected chi connectivity index (χ4v) is 3.30. The second-order valence-corrected chi connectivity index (χ2v) is 6.88. The number of nitrogens with zero attached hydrogens (tertiary/aromatic N) is 1. The molecule has 5 nitrogen and oxygen atoms in total. The van der Waals surface area contributed by atoms with Gasteiger partial charge in [-0.25, -0.2) is 8.42 Å². The molecule has 0 aliphatic carbocycles. The van der Waals surface area contributed by atoms with E-state index < -0.39 is 9.84 Å². The Hall–Kier alpha value is -1.56. The Kier molecular flexibility index (Phi) is 3.30. The molecule has 3 N–H and O–H groups in total. The third kappa shape index (κ3) is 2.64. The highest BCUT2D eigenvalue weighted by atomic mass is 32.2. The lowest BCUT2D eigenvalue weighted by Gasteiger charge is -2.30. The lowest BCUT2D eigenvalue weighted by atomic mass is 10.1. The average molecular weight is 267 g/mol. The van der Waals surface area contributed by atoms with Crippen LogP contribution in [0.5, 0.6) is 0 Å². The van der Waals surface area contributed by atoms with Crippen molar-refractivity contribution in [1.82, 2.24) is 0 Å². The number of anilines is 1. The van der Waals surface area contributed by atoms with Crippen LogP contribution in [-0.2, 0) is 9.84 Å². The largest absolute Gasteiger partial charge is 0.384 e. The molecule has 0 radical (unpaired) electrons. The maximum Gasteiger partial charge on any atom is 0.153 e. The van der Waals surface area contributed by atoms with E-state index in [0.29, 0.717) is 18.7 Å². The summed E-state index contributed by atoms with van der Waals surface area (Å²) in [5.41, 5.74) is 8.14. The third-order valence-electron chi connectivity index (χ3n) is 3.13. The van der Waals surface area contributed by atoms with Gasteiger partial charge in [-0.3, -0.25) is 5.41 Å². The predicted octanol–water partition coefficient (Wildman–Crippen LogP) is 0.514. The quantitative estimate of drug-likeness (QED) is 0.604. The summed E-state index contributed by atoms with van der Waals surface area (Å²) < 4.78 is 22.8. The Morgan fingerprint density at radius 1 is 1.33 bits per heavy atom. The minimum atomic E-state index is -2.89. The lowest BCUT2D eigenvalue weighted by molar-refractivity contribution is 0.587. The van der Waals surface area contributed by atoms with Crippen LogP contribution < -0.4 is 10.6 Å². The minimum Gasteiger partial charge on any atom is -0.384 e. The molecule has 1 heterocycles. The molecule has 0 spiro atoms. The summed E-state index contributed by atoms with van der Waals surface area (Å²) in [5, 5.41) is 7.60. The number of hydrogen-bond acceptors (Lipinski definition) is 4. The standard InChI is InChI=1S/C12H17N3O2S/c1-9-2-3-11(10(8-9)12(13)14)15-4-6-18(16,17)7-5-15/h2-3,8H,4-7H2,1H3,(H3,13,14). The number of nitrogens with one attached hydrogen (secondary N) is 1. The Morgan fingerprint density at radius 3 is 2.50 bits per heavy atom. The van der Waals surface area contributed by atoms with Gasteiger partial charge < -0.3 is 10.6 Å². The van der Waals surface area contributed by atoms with Gasteiger partial charge in [-0.05, 0) is 19.1 Å². The summed E-state index contributed by atoms with van der Waals surface area (Å²) >= 11 is 0. The molecule has 0 bridgehead atoms. The fourth-order valence-electron chi connectivity index (χ4n) is 2.09. The molecular formula is C12H17N3O2S.